The molecule has 1 aromatic carbocycles. The van der Waals surface area contributed by atoms with Crippen LogP contribution in [0.5, 0.6) is 0 Å². The Bertz CT molecular complexity index is 425. The van der Waals surface area contributed by atoms with Crippen molar-refractivity contribution < 1.29 is 13.2 Å². The smallest absolute Gasteiger partial charge is 0.332 e. The first-order chi connectivity index (χ1) is 7.43. The summed E-state index contributed by atoms with van der Waals surface area (Å²) >= 11 is 4.67. The fraction of sp³-hybridized carbons (Fsp3) is 0.111. The van der Waals surface area contributed by atoms with Crippen LogP contribution in [0.4, 0.5) is 18.9 Å². The minimum absolute atomic E-state index is 0. The molecule has 8 heteroatoms. The average Bonchev–Trinajstić information content (AvgIpc) is 2.17. The van der Waals surface area contributed by atoms with Gasteiger partial charge in [-0.05, 0) is 36.5 Å². The molecule has 1 rings (SSSR count). The van der Waals surface area contributed by atoms with E-state index >= 15 is 0 Å². The minimum Gasteiger partial charge on any atom is -0.332 e. The SMILES string of the molecule is N#CNC(=S)Nc1ccc(C(F)(F)F)cc1.[Na]. The standard InChI is InChI=1S/C9H6F3N3S.Na/c10-9(11,12)6-1-3-7(4-2-6)15-8(16)14-5-13;/h1-4H,(H2,14,15,16);. The monoisotopic (exact) mass is 268 g/mol. The Morgan fingerprint density at radius 1 is 1.24 bits per heavy atom. The number of alkyl halides is 3. The van der Waals surface area contributed by atoms with Crippen molar-refractivity contribution in [3.8, 4) is 6.19 Å². The number of hydrogen-bond donors (Lipinski definition) is 2. The summed E-state index contributed by atoms with van der Waals surface area (Å²) in [5.74, 6) is 0. The van der Waals surface area contributed by atoms with Gasteiger partial charge in [-0.2, -0.15) is 18.4 Å². The summed E-state index contributed by atoms with van der Waals surface area (Å²) in [6.45, 7) is 0. The number of anilines is 1. The van der Waals surface area contributed by atoms with E-state index in [0.29, 0.717) is 5.69 Å². The van der Waals surface area contributed by atoms with Gasteiger partial charge in [0.1, 0.15) is 0 Å². The Balaban J connectivity index is 0.00000256. The number of nitrogens with zero attached hydrogens (tertiary/aromatic N) is 1. The molecule has 0 unspecified atom stereocenters. The third-order valence-corrected chi connectivity index (χ3v) is 1.84. The van der Waals surface area contributed by atoms with Crippen LogP contribution in [0.2, 0.25) is 0 Å². The van der Waals surface area contributed by atoms with Gasteiger partial charge >= 0.3 is 6.18 Å². The van der Waals surface area contributed by atoms with Gasteiger partial charge in [0.25, 0.3) is 0 Å². The van der Waals surface area contributed by atoms with Gasteiger partial charge in [0.2, 0.25) is 0 Å². The van der Waals surface area contributed by atoms with Gasteiger partial charge in [-0.25, -0.2) is 0 Å². The maximum atomic E-state index is 12.2. The summed E-state index contributed by atoms with van der Waals surface area (Å²) in [4.78, 5) is 0. The van der Waals surface area contributed by atoms with Crippen LogP contribution in [0.25, 0.3) is 0 Å². The first-order valence-electron chi connectivity index (χ1n) is 4.07. The van der Waals surface area contributed by atoms with E-state index in [2.05, 4.69) is 22.9 Å². The molecule has 85 valence electrons. The van der Waals surface area contributed by atoms with Gasteiger partial charge in [0.15, 0.2) is 11.3 Å². The van der Waals surface area contributed by atoms with Crippen molar-refractivity contribution in [3.05, 3.63) is 29.8 Å². The number of thiocarbonyl (C=S) groups is 1. The van der Waals surface area contributed by atoms with E-state index in [1.165, 1.54) is 12.1 Å². The molecule has 0 saturated carbocycles. The summed E-state index contributed by atoms with van der Waals surface area (Å²) in [5.41, 5.74) is -0.363. The van der Waals surface area contributed by atoms with E-state index in [-0.39, 0.29) is 34.7 Å². The summed E-state index contributed by atoms with van der Waals surface area (Å²) in [6.07, 6.45) is -2.77. The Morgan fingerprint density at radius 2 is 1.76 bits per heavy atom. The predicted octanol–water partition coefficient (Wildman–Crippen LogP) is 2.09. The van der Waals surface area contributed by atoms with Crippen molar-refractivity contribution in [1.82, 2.24) is 5.32 Å². The van der Waals surface area contributed by atoms with E-state index in [0.717, 1.165) is 12.1 Å². The maximum Gasteiger partial charge on any atom is 0.416 e. The third kappa shape index (κ3) is 5.37. The molecule has 17 heavy (non-hydrogen) atoms. The molecule has 0 fully saturated rings. The predicted molar refractivity (Wildman–Crippen MR) is 62.2 cm³/mol. The van der Waals surface area contributed by atoms with Gasteiger partial charge in [-0.15, -0.1) is 0 Å². The van der Waals surface area contributed by atoms with Gasteiger partial charge in [-0.3, -0.25) is 5.32 Å². The van der Waals surface area contributed by atoms with Gasteiger partial charge in [-0.1, -0.05) is 0 Å². The zero-order chi connectivity index (χ0) is 12.2. The minimum atomic E-state index is -4.36. The second-order valence-corrected chi connectivity index (χ2v) is 3.17. The molecule has 0 heterocycles. The molecule has 2 N–H and O–H groups in total. The molecule has 1 radical (unpaired) electrons. The Kier molecular flexibility index (Phi) is 6.49. The van der Waals surface area contributed by atoms with E-state index in [1.807, 2.05) is 0 Å². The van der Waals surface area contributed by atoms with Crippen LogP contribution < -0.4 is 10.6 Å². The van der Waals surface area contributed by atoms with Crippen LogP contribution in [0.1, 0.15) is 5.56 Å². The van der Waals surface area contributed by atoms with Crippen LogP contribution in [-0.4, -0.2) is 34.7 Å². The Labute approximate surface area is 123 Å². The van der Waals surface area contributed by atoms with Crippen molar-refractivity contribution in [2.45, 2.75) is 6.18 Å². The maximum absolute atomic E-state index is 12.2. The Hall–Kier alpha value is -0.810. The number of nitriles is 1. The molecular weight excluding hydrogens is 262 g/mol. The van der Waals surface area contributed by atoms with Gasteiger partial charge < -0.3 is 5.32 Å². The fourth-order valence-corrected chi connectivity index (χ4v) is 1.12. The molecule has 0 spiro atoms. The summed E-state index contributed by atoms with van der Waals surface area (Å²) in [7, 11) is 0. The first-order valence-corrected chi connectivity index (χ1v) is 4.47. The third-order valence-electron chi connectivity index (χ3n) is 1.64. The number of hydrogen-bond acceptors (Lipinski definition) is 2. The molecule has 3 nitrogen and oxygen atoms in total. The van der Waals surface area contributed by atoms with Crippen LogP contribution in [-0.2, 0) is 6.18 Å². The molecule has 0 aliphatic heterocycles. The summed E-state index contributed by atoms with van der Waals surface area (Å²) < 4.78 is 36.6. The molecule has 0 bridgehead atoms. The zero-order valence-electron chi connectivity index (χ0n) is 8.80. The second kappa shape index (κ2) is 6.81. The molecular formula is C9H6F3N3NaS. The van der Waals surface area contributed by atoms with Gasteiger partial charge in [0, 0.05) is 35.2 Å². The quantitative estimate of drug-likeness (QED) is 0.354. The Morgan fingerprint density at radius 3 is 2.18 bits per heavy atom. The van der Waals surface area contributed by atoms with E-state index in [9.17, 15) is 13.2 Å². The van der Waals surface area contributed by atoms with Crippen LogP contribution >= 0.6 is 12.2 Å². The fourth-order valence-electron chi connectivity index (χ4n) is 0.956. The van der Waals surface area contributed by atoms with Crippen molar-refractivity contribution in [3.63, 3.8) is 0 Å². The first kappa shape index (κ1) is 16.2. The molecule has 0 aliphatic carbocycles. The largest absolute Gasteiger partial charge is 0.416 e. The van der Waals surface area contributed by atoms with E-state index < -0.39 is 11.7 Å². The summed E-state index contributed by atoms with van der Waals surface area (Å²) in [6, 6.07) is 4.32. The van der Waals surface area contributed by atoms with Crippen molar-refractivity contribution in [2.75, 3.05) is 5.32 Å². The number of benzene rings is 1. The van der Waals surface area contributed by atoms with Crippen LogP contribution in [0, 0.1) is 11.5 Å². The molecule has 0 amide bonds. The van der Waals surface area contributed by atoms with Crippen molar-refractivity contribution in [1.29, 1.82) is 5.26 Å². The molecule has 0 aliphatic rings. The van der Waals surface area contributed by atoms with Gasteiger partial charge in [0.05, 0.1) is 5.56 Å². The van der Waals surface area contributed by atoms with Crippen LogP contribution in [0.3, 0.4) is 0 Å². The normalized spacial score (nSPS) is 9.76. The van der Waals surface area contributed by atoms with Crippen molar-refractivity contribution in [2.24, 2.45) is 0 Å². The molecule has 0 atom stereocenters. The molecule has 1 aromatic rings. The zero-order valence-corrected chi connectivity index (χ0v) is 11.6. The van der Waals surface area contributed by atoms with Crippen LogP contribution in [0.15, 0.2) is 24.3 Å². The number of nitrogens with one attached hydrogen (secondary N) is 2. The number of halogens is 3. The average molecular weight is 268 g/mol. The van der Waals surface area contributed by atoms with E-state index in [4.69, 9.17) is 5.26 Å². The number of rotatable bonds is 1. The van der Waals surface area contributed by atoms with E-state index in [1.54, 1.807) is 6.19 Å². The topological polar surface area (TPSA) is 47.9 Å². The second-order valence-electron chi connectivity index (χ2n) is 2.77. The molecule has 0 saturated heterocycles. The van der Waals surface area contributed by atoms with Crippen molar-refractivity contribution >= 4 is 52.6 Å². The molecule has 0 aromatic heterocycles. The summed E-state index contributed by atoms with van der Waals surface area (Å²) in [5, 5.41) is 13.0.